The van der Waals surface area contributed by atoms with Crippen LogP contribution in [0, 0.1) is 0 Å². The van der Waals surface area contributed by atoms with Gasteiger partial charge < -0.3 is 4.74 Å². The van der Waals surface area contributed by atoms with Gasteiger partial charge >= 0.3 is 0 Å². The summed E-state index contributed by atoms with van der Waals surface area (Å²) in [5.74, 6) is 0.746. The molecular formula is C13H21NO. The maximum Gasteiger partial charge on any atom is 0.213 e. The van der Waals surface area contributed by atoms with Crippen molar-refractivity contribution in [3.8, 4) is 5.88 Å². The molecule has 0 radical (unpaired) electrons. The maximum absolute atomic E-state index is 5.57. The van der Waals surface area contributed by atoms with Crippen LogP contribution in [0.25, 0.3) is 0 Å². The van der Waals surface area contributed by atoms with Crippen LogP contribution in [-0.2, 0) is 5.41 Å². The molecule has 0 fully saturated rings. The summed E-state index contributed by atoms with van der Waals surface area (Å²) in [6.45, 7) is 9.49. The molecule has 0 saturated carbocycles. The average molecular weight is 207 g/mol. The molecule has 1 aromatic heterocycles. The molecule has 0 aliphatic rings. The standard InChI is InChI=1S/C13H21NO/c1-5-6-9-15-12-10-11(7-8-14-12)13(2,3)4/h7-8,10H,5-6,9H2,1-4H3. The summed E-state index contributed by atoms with van der Waals surface area (Å²) >= 11 is 0. The normalized spacial score (nSPS) is 11.5. The Bertz CT molecular complexity index is 302. The molecule has 0 amide bonds. The number of ether oxygens (including phenoxy) is 1. The summed E-state index contributed by atoms with van der Waals surface area (Å²) < 4.78 is 5.57. The monoisotopic (exact) mass is 207 g/mol. The molecule has 2 heteroatoms. The lowest BCUT2D eigenvalue weighted by atomic mass is 9.88. The van der Waals surface area contributed by atoms with Crippen molar-refractivity contribution in [1.82, 2.24) is 4.98 Å². The molecule has 1 rings (SSSR count). The first kappa shape index (κ1) is 12.0. The number of aromatic nitrogens is 1. The van der Waals surface area contributed by atoms with E-state index in [1.54, 1.807) is 0 Å². The van der Waals surface area contributed by atoms with Gasteiger partial charge in [0.1, 0.15) is 0 Å². The van der Waals surface area contributed by atoms with Gasteiger partial charge in [-0.1, -0.05) is 34.1 Å². The van der Waals surface area contributed by atoms with E-state index in [1.807, 2.05) is 18.3 Å². The van der Waals surface area contributed by atoms with Crippen molar-refractivity contribution < 1.29 is 4.74 Å². The predicted octanol–water partition coefficient (Wildman–Crippen LogP) is 3.56. The lowest BCUT2D eigenvalue weighted by molar-refractivity contribution is 0.297. The van der Waals surface area contributed by atoms with Crippen LogP contribution >= 0.6 is 0 Å². The van der Waals surface area contributed by atoms with E-state index >= 15 is 0 Å². The van der Waals surface area contributed by atoms with Crippen LogP contribution in [0.5, 0.6) is 5.88 Å². The van der Waals surface area contributed by atoms with Gasteiger partial charge in [0, 0.05) is 12.3 Å². The summed E-state index contributed by atoms with van der Waals surface area (Å²) in [5, 5.41) is 0. The molecule has 0 spiro atoms. The highest BCUT2D eigenvalue weighted by molar-refractivity contribution is 5.26. The van der Waals surface area contributed by atoms with Gasteiger partial charge in [0.2, 0.25) is 5.88 Å². The van der Waals surface area contributed by atoms with E-state index < -0.39 is 0 Å². The average Bonchev–Trinajstić information content (AvgIpc) is 2.17. The Morgan fingerprint density at radius 2 is 2.07 bits per heavy atom. The van der Waals surface area contributed by atoms with Gasteiger partial charge in [-0.25, -0.2) is 4.98 Å². The molecule has 1 heterocycles. The van der Waals surface area contributed by atoms with Crippen molar-refractivity contribution in [1.29, 1.82) is 0 Å². The van der Waals surface area contributed by atoms with Gasteiger partial charge in [0.15, 0.2) is 0 Å². The van der Waals surface area contributed by atoms with E-state index in [1.165, 1.54) is 5.56 Å². The van der Waals surface area contributed by atoms with Crippen LogP contribution in [0.2, 0.25) is 0 Å². The third-order valence-corrected chi connectivity index (χ3v) is 2.35. The third kappa shape index (κ3) is 3.90. The van der Waals surface area contributed by atoms with E-state index in [0.717, 1.165) is 25.3 Å². The Morgan fingerprint density at radius 3 is 2.67 bits per heavy atom. The lowest BCUT2D eigenvalue weighted by Crippen LogP contribution is -2.11. The maximum atomic E-state index is 5.57. The topological polar surface area (TPSA) is 22.1 Å². The fraction of sp³-hybridized carbons (Fsp3) is 0.615. The Morgan fingerprint density at radius 1 is 1.33 bits per heavy atom. The van der Waals surface area contributed by atoms with Gasteiger partial charge in [0.05, 0.1) is 6.61 Å². The first-order chi connectivity index (χ1) is 7.04. The molecule has 0 aliphatic carbocycles. The molecule has 0 atom stereocenters. The fourth-order valence-electron chi connectivity index (χ4n) is 1.28. The second-order valence-corrected chi connectivity index (χ2v) is 4.83. The SMILES string of the molecule is CCCCOc1cc(C(C)(C)C)ccn1. The van der Waals surface area contributed by atoms with Gasteiger partial charge in [-0.05, 0) is 23.5 Å². The molecular weight excluding hydrogens is 186 g/mol. The van der Waals surface area contributed by atoms with Crippen molar-refractivity contribution in [2.45, 2.75) is 46.0 Å². The molecule has 0 N–H and O–H groups in total. The fourth-order valence-corrected chi connectivity index (χ4v) is 1.28. The molecule has 0 unspecified atom stereocenters. The predicted molar refractivity (Wildman–Crippen MR) is 63.3 cm³/mol. The Balaban J connectivity index is 2.66. The number of pyridine rings is 1. The second kappa shape index (κ2) is 5.15. The van der Waals surface area contributed by atoms with E-state index in [4.69, 9.17) is 4.74 Å². The molecule has 0 bridgehead atoms. The minimum Gasteiger partial charge on any atom is -0.478 e. The van der Waals surface area contributed by atoms with Gasteiger partial charge in [-0.15, -0.1) is 0 Å². The quantitative estimate of drug-likeness (QED) is 0.704. The number of hydrogen-bond acceptors (Lipinski definition) is 2. The number of rotatable bonds is 4. The molecule has 1 aromatic rings. The second-order valence-electron chi connectivity index (χ2n) is 4.83. The van der Waals surface area contributed by atoms with Crippen LogP contribution in [0.4, 0.5) is 0 Å². The summed E-state index contributed by atoms with van der Waals surface area (Å²) in [4.78, 5) is 4.20. The van der Waals surface area contributed by atoms with E-state index in [2.05, 4.69) is 32.7 Å². The van der Waals surface area contributed by atoms with E-state index in [9.17, 15) is 0 Å². The zero-order valence-electron chi connectivity index (χ0n) is 10.2. The molecule has 0 saturated heterocycles. The molecule has 2 nitrogen and oxygen atoms in total. The smallest absolute Gasteiger partial charge is 0.213 e. The van der Waals surface area contributed by atoms with Crippen LogP contribution in [-0.4, -0.2) is 11.6 Å². The summed E-state index contributed by atoms with van der Waals surface area (Å²) in [6, 6.07) is 4.09. The first-order valence-corrected chi connectivity index (χ1v) is 5.63. The highest BCUT2D eigenvalue weighted by Gasteiger charge is 2.14. The number of nitrogens with zero attached hydrogens (tertiary/aromatic N) is 1. The van der Waals surface area contributed by atoms with Gasteiger partial charge in [-0.3, -0.25) is 0 Å². The lowest BCUT2D eigenvalue weighted by Gasteiger charge is -2.19. The Kier molecular flexibility index (Phi) is 4.13. The van der Waals surface area contributed by atoms with Crippen molar-refractivity contribution in [3.05, 3.63) is 23.9 Å². The molecule has 15 heavy (non-hydrogen) atoms. The zero-order chi connectivity index (χ0) is 11.3. The number of unbranched alkanes of at least 4 members (excludes halogenated alkanes) is 1. The van der Waals surface area contributed by atoms with E-state index in [-0.39, 0.29) is 5.41 Å². The van der Waals surface area contributed by atoms with Crippen molar-refractivity contribution in [3.63, 3.8) is 0 Å². The molecule has 0 aromatic carbocycles. The minimum atomic E-state index is 0.159. The summed E-state index contributed by atoms with van der Waals surface area (Å²) in [5.41, 5.74) is 1.43. The highest BCUT2D eigenvalue weighted by atomic mass is 16.5. The van der Waals surface area contributed by atoms with E-state index in [0.29, 0.717) is 0 Å². The van der Waals surface area contributed by atoms with Crippen molar-refractivity contribution >= 4 is 0 Å². The van der Waals surface area contributed by atoms with Gasteiger partial charge in [0.25, 0.3) is 0 Å². The molecule has 0 aliphatic heterocycles. The summed E-state index contributed by atoms with van der Waals surface area (Å²) in [7, 11) is 0. The zero-order valence-corrected chi connectivity index (χ0v) is 10.2. The van der Waals surface area contributed by atoms with Crippen LogP contribution in [0.15, 0.2) is 18.3 Å². The van der Waals surface area contributed by atoms with Crippen LogP contribution < -0.4 is 4.74 Å². The van der Waals surface area contributed by atoms with Crippen LogP contribution in [0.1, 0.15) is 46.1 Å². The van der Waals surface area contributed by atoms with Crippen molar-refractivity contribution in [2.24, 2.45) is 0 Å². The first-order valence-electron chi connectivity index (χ1n) is 5.63. The minimum absolute atomic E-state index is 0.159. The molecule has 84 valence electrons. The highest BCUT2D eigenvalue weighted by Crippen LogP contribution is 2.24. The van der Waals surface area contributed by atoms with Crippen molar-refractivity contribution in [2.75, 3.05) is 6.61 Å². The Hall–Kier alpha value is -1.05. The number of hydrogen-bond donors (Lipinski definition) is 0. The van der Waals surface area contributed by atoms with Crippen LogP contribution in [0.3, 0.4) is 0 Å². The largest absolute Gasteiger partial charge is 0.478 e. The Labute approximate surface area is 92.7 Å². The van der Waals surface area contributed by atoms with Gasteiger partial charge in [-0.2, -0.15) is 0 Å². The third-order valence-electron chi connectivity index (χ3n) is 2.35. The summed E-state index contributed by atoms with van der Waals surface area (Å²) in [6.07, 6.45) is 4.06.